The van der Waals surface area contributed by atoms with Crippen LogP contribution < -0.4 is 11.1 Å². The molecule has 0 unspecified atom stereocenters. The highest BCUT2D eigenvalue weighted by molar-refractivity contribution is 6.30. The zero-order valence-electron chi connectivity index (χ0n) is 9.26. The normalized spacial score (nSPS) is 10.5. The van der Waals surface area contributed by atoms with Gasteiger partial charge in [-0.15, -0.1) is 0 Å². The molecule has 17 heavy (non-hydrogen) atoms. The SMILES string of the molecule is Cn1ccn(Cc2ccc(Cl)cc2)c(=O)c1=O. The zero-order valence-corrected chi connectivity index (χ0v) is 10.0. The summed E-state index contributed by atoms with van der Waals surface area (Å²) in [5, 5.41) is 0.644. The van der Waals surface area contributed by atoms with Gasteiger partial charge in [0.15, 0.2) is 0 Å². The van der Waals surface area contributed by atoms with Gasteiger partial charge in [0.1, 0.15) is 0 Å². The van der Waals surface area contributed by atoms with E-state index in [2.05, 4.69) is 0 Å². The van der Waals surface area contributed by atoms with Gasteiger partial charge >= 0.3 is 11.1 Å². The van der Waals surface area contributed by atoms with Crippen LogP contribution in [0.25, 0.3) is 0 Å². The molecule has 1 aromatic carbocycles. The van der Waals surface area contributed by atoms with Crippen LogP contribution in [-0.4, -0.2) is 9.13 Å². The fourth-order valence-corrected chi connectivity index (χ4v) is 1.63. The van der Waals surface area contributed by atoms with Gasteiger partial charge in [-0.1, -0.05) is 23.7 Å². The Kier molecular flexibility index (Phi) is 3.15. The van der Waals surface area contributed by atoms with Crippen molar-refractivity contribution in [1.29, 1.82) is 0 Å². The number of benzene rings is 1. The molecule has 0 aliphatic carbocycles. The Morgan fingerprint density at radius 1 is 1.06 bits per heavy atom. The van der Waals surface area contributed by atoms with Crippen LogP contribution in [0.2, 0.25) is 5.02 Å². The van der Waals surface area contributed by atoms with E-state index in [9.17, 15) is 9.59 Å². The van der Waals surface area contributed by atoms with Gasteiger partial charge in [0, 0.05) is 24.5 Å². The predicted octanol–water partition coefficient (Wildman–Crippen LogP) is 1.25. The van der Waals surface area contributed by atoms with Crippen LogP contribution in [0, 0.1) is 0 Å². The number of aromatic nitrogens is 2. The Hall–Kier alpha value is -1.81. The zero-order chi connectivity index (χ0) is 12.4. The summed E-state index contributed by atoms with van der Waals surface area (Å²) in [7, 11) is 1.55. The minimum Gasteiger partial charge on any atom is -0.312 e. The van der Waals surface area contributed by atoms with E-state index >= 15 is 0 Å². The Morgan fingerprint density at radius 3 is 2.35 bits per heavy atom. The van der Waals surface area contributed by atoms with E-state index in [4.69, 9.17) is 11.6 Å². The fourth-order valence-electron chi connectivity index (χ4n) is 1.50. The molecule has 0 bridgehead atoms. The summed E-state index contributed by atoms with van der Waals surface area (Å²) in [5.74, 6) is 0. The van der Waals surface area contributed by atoms with E-state index in [0.29, 0.717) is 11.6 Å². The third kappa shape index (κ3) is 2.47. The van der Waals surface area contributed by atoms with Gasteiger partial charge in [-0.2, -0.15) is 0 Å². The van der Waals surface area contributed by atoms with Crippen molar-refractivity contribution >= 4 is 11.6 Å². The third-order valence-electron chi connectivity index (χ3n) is 2.50. The van der Waals surface area contributed by atoms with Crippen LogP contribution in [0.4, 0.5) is 0 Å². The third-order valence-corrected chi connectivity index (χ3v) is 2.75. The second kappa shape index (κ2) is 4.59. The molecule has 2 aromatic rings. The molecule has 1 aromatic heterocycles. The smallest absolute Gasteiger partial charge is 0.312 e. The molecular weight excluding hydrogens is 240 g/mol. The van der Waals surface area contributed by atoms with Crippen molar-refractivity contribution < 1.29 is 0 Å². The highest BCUT2D eigenvalue weighted by atomic mass is 35.5. The fraction of sp³-hybridized carbons (Fsp3) is 0.167. The van der Waals surface area contributed by atoms with Crippen LogP contribution in [-0.2, 0) is 13.6 Å². The van der Waals surface area contributed by atoms with Crippen molar-refractivity contribution in [1.82, 2.24) is 9.13 Å². The van der Waals surface area contributed by atoms with E-state index < -0.39 is 11.1 Å². The first kappa shape index (κ1) is 11.7. The lowest BCUT2D eigenvalue weighted by Gasteiger charge is -2.06. The first-order valence-corrected chi connectivity index (χ1v) is 5.46. The molecule has 0 fully saturated rings. The highest BCUT2D eigenvalue weighted by Gasteiger charge is 2.02. The van der Waals surface area contributed by atoms with Crippen molar-refractivity contribution in [3.63, 3.8) is 0 Å². The van der Waals surface area contributed by atoms with Crippen molar-refractivity contribution in [2.24, 2.45) is 7.05 Å². The number of aryl methyl sites for hydroxylation is 1. The van der Waals surface area contributed by atoms with Crippen LogP contribution in [0.5, 0.6) is 0 Å². The Labute approximate surface area is 103 Å². The molecule has 5 heteroatoms. The van der Waals surface area contributed by atoms with Crippen LogP contribution >= 0.6 is 11.6 Å². The average molecular weight is 251 g/mol. The Bertz CT molecular complexity index is 641. The number of nitrogens with zero attached hydrogens (tertiary/aromatic N) is 2. The summed E-state index contributed by atoms with van der Waals surface area (Å²) < 4.78 is 2.65. The molecule has 88 valence electrons. The topological polar surface area (TPSA) is 44.0 Å². The van der Waals surface area contributed by atoms with Gasteiger partial charge in [-0.3, -0.25) is 9.59 Å². The molecule has 0 atom stereocenters. The maximum Gasteiger partial charge on any atom is 0.316 e. The quantitative estimate of drug-likeness (QED) is 0.753. The van der Waals surface area contributed by atoms with E-state index in [1.54, 1.807) is 31.6 Å². The average Bonchev–Trinajstić information content (AvgIpc) is 2.33. The molecule has 0 aliphatic rings. The molecule has 4 nitrogen and oxygen atoms in total. The first-order chi connectivity index (χ1) is 8.08. The van der Waals surface area contributed by atoms with Gasteiger partial charge in [0.25, 0.3) is 0 Å². The molecule has 0 saturated carbocycles. The Morgan fingerprint density at radius 2 is 1.71 bits per heavy atom. The van der Waals surface area contributed by atoms with Gasteiger partial charge < -0.3 is 9.13 Å². The van der Waals surface area contributed by atoms with E-state index in [1.165, 1.54) is 9.13 Å². The maximum absolute atomic E-state index is 11.7. The summed E-state index contributed by atoms with van der Waals surface area (Å²) in [6.07, 6.45) is 3.16. The summed E-state index contributed by atoms with van der Waals surface area (Å²) in [4.78, 5) is 23.1. The van der Waals surface area contributed by atoms with Gasteiger partial charge in [0.05, 0.1) is 6.54 Å². The predicted molar refractivity (Wildman–Crippen MR) is 66.5 cm³/mol. The summed E-state index contributed by atoms with van der Waals surface area (Å²) >= 11 is 5.77. The standard InChI is InChI=1S/C12H11ClN2O2/c1-14-6-7-15(12(17)11(14)16)8-9-2-4-10(13)5-3-9/h2-7H,8H2,1H3. The molecule has 1 heterocycles. The lowest BCUT2D eigenvalue weighted by molar-refractivity contribution is 0.695. The molecular formula is C12H11ClN2O2. The molecule has 0 radical (unpaired) electrons. The number of rotatable bonds is 2. The summed E-state index contributed by atoms with van der Waals surface area (Å²) in [6, 6.07) is 7.16. The number of halogens is 1. The Balaban J connectivity index is 2.37. The van der Waals surface area contributed by atoms with Crippen molar-refractivity contribution in [2.45, 2.75) is 6.54 Å². The maximum atomic E-state index is 11.7. The lowest BCUT2D eigenvalue weighted by Crippen LogP contribution is -2.39. The van der Waals surface area contributed by atoms with E-state index in [-0.39, 0.29) is 0 Å². The number of hydrogen-bond acceptors (Lipinski definition) is 2. The first-order valence-electron chi connectivity index (χ1n) is 5.08. The minimum atomic E-state index is -0.526. The minimum absolute atomic E-state index is 0.367. The number of hydrogen-bond donors (Lipinski definition) is 0. The molecule has 0 spiro atoms. The summed E-state index contributed by atoms with van der Waals surface area (Å²) in [6.45, 7) is 0.367. The van der Waals surface area contributed by atoms with Crippen molar-refractivity contribution in [3.8, 4) is 0 Å². The molecule has 0 saturated heterocycles. The second-order valence-corrected chi connectivity index (χ2v) is 4.21. The van der Waals surface area contributed by atoms with Crippen LogP contribution in [0.3, 0.4) is 0 Å². The van der Waals surface area contributed by atoms with E-state index in [0.717, 1.165) is 5.56 Å². The van der Waals surface area contributed by atoms with Crippen molar-refractivity contribution in [2.75, 3.05) is 0 Å². The lowest BCUT2D eigenvalue weighted by atomic mass is 10.2. The monoisotopic (exact) mass is 250 g/mol. The van der Waals surface area contributed by atoms with E-state index in [1.807, 2.05) is 12.1 Å². The molecule has 0 amide bonds. The highest BCUT2D eigenvalue weighted by Crippen LogP contribution is 2.09. The molecule has 0 aliphatic heterocycles. The molecule has 0 N–H and O–H groups in total. The summed E-state index contributed by atoms with van der Waals surface area (Å²) in [5.41, 5.74) is -0.129. The van der Waals surface area contributed by atoms with Crippen LogP contribution in [0.1, 0.15) is 5.56 Å². The van der Waals surface area contributed by atoms with Gasteiger partial charge in [0.2, 0.25) is 0 Å². The molecule has 2 rings (SSSR count). The second-order valence-electron chi connectivity index (χ2n) is 3.77. The van der Waals surface area contributed by atoms with Crippen molar-refractivity contribution in [3.05, 3.63) is 68.0 Å². The van der Waals surface area contributed by atoms with Gasteiger partial charge in [-0.25, -0.2) is 0 Å². The van der Waals surface area contributed by atoms with Gasteiger partial charge in [-0.05, 0) is 17.7 Å². The van der Waals surface area contributed by atoms with Crippen LogP contribution in [0.15, 0.2) is 46.2 Å². The largest absolute Gasteiger partial charge is 0.316 e.